The summed E-state index contributed by atoms with van der Waals surface area (Å²) in [6.45, 7) is 4.28. The first kappa shape index (κ1) is 26.1. The second-order valence-electron chi connectivity index (χ2n) is 8.29. The van der Waals surface area contributed by atoms with Gasteiger partial charge in [0.15, 0.2) is 0 Å². The number of alkyl halides is 3. The van der Waals surface area contributed by atoms with Crippen molar-refractivity contribution in [3.63, 3.8) is 0 Å². The first-order valence-corrected chi connectivity index (χ1v) is 11.8. The summed E-state index contributed by atoms with van der Waals surface area (Å²) in [5, 5.41) is 7.53. The van der Waals surface area contributed by atoms with Crippen molar-refractivity contribution in [3.05, 3.63) is 82.9 Å². The normalized spacial score (nSPS) is 11.3. The van der Waals surface area contributed by atoms with Crippen LogP contribution in [0, 0.1) is 5.41 Å². The van der Waals surface area contributed by atoms with E-state index in [1.54, 1.807) is 6.07 Å². The number of hydrogen-bond acceptors (Lipinski definition) is 3. The highest BCUT2D eigenvalue weighted by atomic mass is 19.4. The minimum Gasteiger partial charge on any atom is -0.490 e. The van der Waals surface area contributed by atoms with Gasteiger partial charge in [0.25, 0.3) is 0 Å². The number of nitrogens with two attached hydrogens (primary N) is 1. The Kier molecular flexibility index (Phi) is 8.79. The predicted octanol–water partition coefficient (Wildman–Crippen LogP) is 7.02. The van der Waals surface area contributed by atoms with Crippen LogP contribution in [0.3, 0.4) is 0 Å². The van der Waals surface area contributed by atoms with Crippen molar-refractivity contribution in [2.24, 2.45) is 5.73 Å². The number of nitrogen functional groups attached to an aromatic ring is 1. The molecular formula is C28H31F3N2O2. The molecule has 3 N–H and O–H groups in total. The SMILES string of the molecule is CCCc1cc(-c2ccc(C(=N)N)cc2)ccc1OCCOc1cccc(C(F)(F)F)c1CCC. The van der Waals surface area contributed by atoms with E-state index in [-0.39, 0.29) is 30.4 Å². The van der Waals surface area contributed by atoms with Crippen LogP contribution < -0.4 is 15.2 Å². The van der Waals surface area contributed by atoms with E-state index in [4.69, 9.17) is 20.6 Å². The second-order valence-corrected chi connectivity index (χ2v) is 8.29. The number of nitrogens with one attached hydrogen (secondary N) is 1. The van der Waals surface area contributed by atoms with Gasteiger partial charge in [0.05, 0.1) is 5.56 Å². The molecule has 0 heterocycles. The summed E-state index contributed by atoms with van der Waals surface area (Å²) < 4.78 is 51.9. The van der Waals surface area contributed by atoms with E-state index >= 15 is 0 Å². The summed E-state index contributed by atoms with van der Waals surface area (Å²) in [5.41, 5.74) is 8.84. The number of rotatable bonds is 11. The molecule has 0 spiro atoms. The molecule has 0 aliphatic rings. The maximum absolute atomic E-state index is 13.4. The Morgan fingerprint density at radius 1 is 0.829 bits per heavy atom. The third kappa shape index (κ3) is 6.78. The Labute approximate surface area is 204 Å². The molecule has 0 aliphatic heterocycles. The van der Waals surface area contributed by atoms with Gasteiger partial charge in [-0.2, -0.15) is 13.2 Å². The minimum absolute atomic E-state index is 0.0288. The zero-order valence-electron chi connectivity index (χ0n) is 20.0. The molecule has 0 saturated heterocycles. The molecule has 186 valence electrons. The van der Waals surface area contributed by atoms with Crippen LogP contribution in [0.2, 0.25) is 0 Å². The lowest BCUT2D eigenvalue weighted by atomic mass is 9.99. The van der Waals surface area contributed by atoms with Gasteiger partial charge in [0, 0.05) is 11.1 Å². The lowest BCUT2D eigenvalue weighted by Gasteiger charge is -2.18. The summed E-state index contributed by atoms with van der Waals surface area (Å²) in [7, 11) is 0. The molecule has 0 aliphatic carbocycles. The van der Waals surface area contributed by atoms with Crippen molar-refractivity contribution < 1.29 is 22.6 Å². The highest BCUT2D eigenvalue weighted by Crippen LogP contribution is 2.36. The van der Waals surface area contributed by atoms with Crippen molar-refractivity contribution in [1.82, 2.24) is 0 Å². The summed E-state index contributed by atoms with van der Waals surface area (Å²) in [4.78, 5) is 0. The van der Waals surface area contributed by atoms with Crippen molar-refractivity contribution in [3.8, 4) is 22.6 Å². The summed E-state index contributed by atoms with van der Waals surface area (Å²) in [5.74, 6) is 1.02. The fourth-order valence-corrected chi connectivity index (χ4v) is 3.98. The van der Waals surface area contributed by atoms with Gasteiger partial charge < -0.3 is 15.2 Å². The van der Waals surface area contributed by atoms with E-state index in [1.807, 2.05) is 43.3 Å². The van der Waals surface area contributed by atoms with E-state index in [2.05, 4.69) is 13.0 Å². The largest absolute Gasteiger partial charge is 0.490 e. The molecule has 0 amide bonds. The average Bonchev–Trinajstić information content (AvgIpc) is 2.83. The first-order valence-electron chi connectivity index (χ1n) is 11.8. The highest BCUT2D eigenvalue weighted by molar-refractivity contribution is 5.95. The Bertz CT molecular complexity index is 1140. The van der Waals surface area contributed by atoms with Crippen LogP contribution in [0.4, 0.5) is 13.2 Å². The molecular weight excluding hydrogens is 453 g/mol. The fourth-order valence-electron chi connectivity index (χ4n) is 3.98. The van der Waals surface area contributed by atoms with E-state index in [9.17, 15) is 13.2 Å². The molecule has 7 heteroatoms. The second kappa shape index (κ2) is 11.8. The van der Waals surface area contributed by atoms with Gasteiger partial charge in [-0.15, -0.1) is 0 Å². The molecule has 4 nitrogen and oxygen atoms in total. The number of amidine groups is 1. The maximum Gasteiger partial charge on any atom is 0.416 e. The molecule has 0 unspecified atom stereocenters. The minimum atomic E-state index is -4.41. The van der Waals surface area contributed by atoms with Crippen LogP contribution in [0.15, 0.2) is 60.7 Å². The van der Waals surface area contributed by atoms with Gasteiger partial charge >= 0.3 is 6.18 Å². The van der Waals surface area contributed by atoms with Crippen LogP contribution >= 0.6 is 0 Å². The Morgan fingerprint density at radius 3 is 2.06 bits per heavy atom. The van der Waals surface area contributed by atoms with Crippen LogP contribution in [0.5, 0.6) is 11.5 Å². The van der Waals surface area contributed by atoms with E-state index in [1.165, 1.54) is 6.07 Å². The monoisotopic (exact) mass is 484 g/mol. The van der Waals surface area contributed by atoms with Crippen molar-refractivity contribution >= 4 is 5.84 Å². The molecule has 3 aromatic rings. The maximum atomic E-state index is 13.4. The fraction of sp³-hybridized carbons (Fsp3) is 0.321. The number of benzene rings is 3. The summed E-state index contributed by atoms with van der Waals surface area (Å²) in [6, 6.07) is 17.5. The number of halogens is 3. The number of aryl methyl sites for hydroxylation is 1. The highest BCUT2D eigenvalue weighted by Gasteiger charge is 2.34. The van der Waals surface area contributed by atoms with Gasteiger partial charge in [-0.05, 0) is 53.8 Å². The van der Waals surface area contributed by atoms with Gasteiger partial charge in [-0.25, -0.2) is 0 Å². The molecule has 0 atom stereocenters. The summed E-state index contributed by atoms with van der Waals surface area (Å²) in [6.07, 6.45) is -1.77. The van der Waals surface area contributed by atoms with Gasteiger partial charge in [-0.3, -0.25) is 5.41 Å². The molecule has 0 radical (unpaired) electrons. The lowest BCUT2D eigenvalue weighted by Crippen LogP contribution is -2.14. The molecule has 0 aromatic heterocycles. The van der Waals surface area contributed by atoms with Crippen LogP contribution in [0.25, 0.3) is 11.1 Å². The Morgan fingerprint density at radius 2 is 1.46 bits per heavy atom. The predicted molar refractivity (Wildman–Crippen MR) is 133 cm³/mol. The number of ether oxygens (including phenoxy) is 2. The Balaban J connectivity index is 1.69. The molecule has 3 aromatic carbocycles. The molecule has 3 rings (SSSR count). The zero-order valence-corrected chi connectivity index (χ0v) is 20.0. The standard InChI is InChI=1S/C28H31F3N2O2/c1-3-6-22-18-21(19-10-12-20(13-11-19)27(32)33)14-15-25(22)34-16-17-35-26-9-5-8-24(28(29,30)31)23(26)7-4-2/h5,8-15,18H,3-4,6-7,16-17H2,1-2H3,(H3,32,33). The van der Waals surface area contributed by atoms with Gasteiger partial charge in [-0.1, -0.05) is 63.1 Å². The number of hydrogen-bond donors (Lipinski definition) is 2. The average molecular weight is 485 g/mol. The van der Waals surface area contributed by atoms with Crippen molar-refractivity contribution in [2.45, 2.75) is 45.7 Å². The van der Waals surface area contributed by atoms with Gasteiger partial charge in [0.1, 0.15) is 30.5 Å². The Hall–Kier alpha value is -3.48. The van der Waals surface area contributed by atoms with Crippen molar-refractivity contribution in [2.75, 3.05) is 13.2 Å². The zero-order chi connectivity index (χ0) is 25.4. The lowest BCUT2D eigenvalue weighted by molar-refractivity contribution is -0.138. The molecule has 0 saturated carbocycles. The third-order valence-corrected chi connectivity index (χ3v) is 5.65. The smallest absolute Gasteiger partial charge is 0.416 e. The summed E-state index contributed by atoms with van der Waals surface area (Å²) >= 11 is 0. The van der Waals surface area contributed by atoms with E-state index in [0.29, 0.717) is 18.4 Å². The first-order chi connectivity index (χ1) is 16.7. The van der Waals surface area contributed by atoms with E-state index in [0.717, 1.165) is 41.3 Å². The third-order valence-electron chi connectivity index (χ3n) is 5.65. The molecule has 0 bridgehead atoms. The topological polar surface area (TPSA) is 68.3 Å². The molecule has 0 fully saturated rings. The van der Waals surface area contributed by atoms with Crippen LogP contribution in [-0.2, 0) is 19.0 Å². The van der Waals surface area contributed by atoms with E-state index < -0.39 is 11.7 Å². The van der Waals surface area contributed by atoms with Crippen LogP contribution in [0.1, 0.15) is 48.9 Å². The van der Waals surface area contributed by atoms with Crippen LogP contribution in [-0.4, -0.2) is 19.0 Å². The van der Waals surface area contributed by atoms with Crippen molar-refractivity contribution in [1.29, 1.82) is 5.41 Å². The molecule has 35 heavy (non-hydrogen) atoms. The van der Waals surface area contributed by atoms with Gasteiger partial charge in [0.2, 0.25) is 0 Å². The quantitative estimate of drug-likeness (QED) is 0.175.